The Morgan fingerprint density at radius 3 is 2.19 bits per heavy atom. The minimum absolute atomic E-state index is 0.0364. The van der Waals surface area contributed by atoms with Crippen molar-refractivity contribution in [1.82, 2.24) is 18.7 Å². The molecule has 0 spiro atoms. The highest BCUT2D eigenvalue weighted by atomic mass is 32.2. The third kappa shape index (κ3) is 4.01. The third-order valence-corrected chi connectivity index (χ3v) is 7.89. The number of hydrogen-bond donors (Lipinski definition) is 0. The first-order valence-electron chi connectivity index (χ1n) is 11.6. The molecule has 0 unspecified atom stereocenters. The average Bonchev–Trinajstić information content (AvgIpc) is 3.52. The Hall–Kier alpha value is -4.56. The van der Waals surface area contributed by atoms with Crippen LogP contribution in [0.4, 0.5) is 4.39 Å². The predicted octanol–water partition coefficient (Wildman–Crippen LogP) is 6.24. The average molecular weight is 509 g/mol. The smallest absolute Gasteiger partial charge is 0.240 e. The summed E-state index contributed by atoms with van der Waals surface area (Å²) in [5, 5.41) is 4.85. The fourth-order valence-electron chi connectivity index (χ4n) is 4.30. The number of rotatable bonds is 5. The van der Waals surface area contributed by atoms with Crippen LogP contribution in [-0.2, 0) is 10.0 Å². The monoisotopic (exact) mass is 508 g/mol. The van der Waals surface area contributed by atoms with Crippen LogP contribution in [0, 0.1) is 12.7 Å². The fourth-order valence-corrected chi connectivity index (χ4v) is 5.78. The molecular formula is C29H21FN4O2S. The highest BCUT2D eigenvalue weighted by Gasteiger charge is 2.28. The van der Waals surface area contributed by atoms with Crippen LogP contribution >= 0.6 is 0 Å². The first-order valence-corrected chi connectivity index (χ1v) is 13.1. The topological polar surface area (TPSA) is 69.8 Å². The standard InChI is InChI=1S/C29H21FN4O2S/c1-20-11-13-21(14-12-20)28-25(19-33(32-28)23-7-3-2-4-8-23)29-31-26-9-5-6-10-27(26)34(29)37(35,36)24-17-15-22(30)16-18-24/h2-19H,1H3. The molecule has 0 aliphatic heterocycles. The molecule has 0 radical (unpaired) electrons. The van der Waals surface area contributed by atoms with Crippen molar-refractivity contribution in [1.29, 1.82) is 0 Å². The van der Waals surface area contributed by atoms with E-state index in [1.165, 1.54) is 16.1 Å². The van der Waals surface area contributed by atoms with Crippen molar-refractivity contribution in [2.24, 2.45) is 0 Å². The Kier molecular flexibility index (Phi) is 5.46. The number of benzene rings is 4. The largest absolute Gasteiger partial charge is 0.269 e. The van der Waals surface area contributed by atoms with E-state index in [-0.39, 0.29) is 10.7 Å². The number of hydrogen-bond acceptors (Lipinski definition) is 4. The summed E-state index contributed by atoms with van der Waals surface area (Å²) in [5.74, 6) is -0.288. The second-order valence-electron chi connectivity index (χ2n) is 8.69. The molecule has 0 amide bonds. The minimum atomic E-state index is -4.13. The van der Waals surface area contributed by atoms with Gasteiger partial charge in [-0.2, -0.15) is 5.10 Å². The van der Waals surface area contributed by atoms with Crippen molar-refractivity contribution in [3.8, 4) is 28.3 Å². The predicted molar refractivity (Wildman–Crippen MR) is 141 cm³/mol. The molecule has 182 valence electrons. The summed E-state index contributed by atoms with van der Waals surface area (Å²) < 4.78 is 44.5. The first kappa shape index (κ1) is 22.9. The third-order valence-electron chi connectivity index (χ3n) is 6.17. The van der Waals surface area contributed by atoms with Crippen molar-refractivity contribution in [3.05, 3.63) is 121 Å². The number of aromatic nitrogens is 4. The second kappa shape index (κ2) is 8.83. The van der Waals surface area contributed by atoms with Crippen molar-refractivity contribution in [2.45, 2.75) is 11.8 Å². The van der Waals surface area contributed by atoms with Crippen molar-refractivity contribution >= 4 is 21.1 Å². The molecular weight excluding hydrogens is 487 g/mol. The summed E-state index contributed by atoms with van der Waals surface area (Å²) in [5.41, 5.74) is 4.83. The lowest BCUT2D eigenvalue weighted by atomic mass is 10.1. The van der Waals surface area contributed by atoms with Gasteiger partial charge in [-0.3, -0.25) is 0 Å². The van der Waals surface area contributed by atoms with Crippen LogP contribution in [0.15, 0.2) is 114 Å². The summed E-state index contributed by atoms with van der Waals surface area (Å²) >= 11 is 0. The molecule has 0 bridgehead atoms. The maximum Gasteiger partial charge on any atom is 0.269 e. The van der Waals surface area contributed by atoms with Gasteiger partial charge >= 0.3 is 0 Å². The van der Waals surface area contributed by atoms with Gasteiger partial charge in [0.05, 0.1) is 27.2 Å². The van der Waals surface area contributed by atoms with E-state index in [1.54, 1.807) is 29.1 Å². The van der Waals surface area contributed by atoms with E-state index >= 15 is 0 Å². The van der Waals surface area contributed by atoms with Crippen LogP contribution in [-0.4, -0.2) is 27.2 Å². The zero-order chi connectivity index (χ0) is 25.6. The molecule has 0 atom stereocenters. The van der Waals surface area contributed by atoms with E-state index in [1.807, 2.05) is 67.6 Å². The number of para-hydroxylation sites is 3. The molecule has 0 N–H and O–H groups in total. The van der Waals surface area contributed by atoms with E-state index in [4.69, 9.17) is 10.1 Å². The molecule has 8 heteroatoms. The van der Waals surface area contributed by atoms with E-state index < -0.39 is 15.8 Å². The van der Waals surface area contributed by atoms with Crippen LogP contribution in [0.1, 0.15) is 5.56 Å². The molecule has 37 heavy (non-hydrogen) atoms. The minimum Gasteiger partial charge on any atom is -0.240 e. The molecule has 6 nitrogen and oxygen atoms in total. The highest BCUT2D eigenvalue weighted by molar-refractivity contribution is 7.90. The van der Waals surface area contributed by atoms with Gasteiger partial charge in [0, 0.05) is 11.8 Å². The summed E-state index contributed by atoms with van der Waals surface area (Å²) in [6.07, 6.45) is 1.79. The van der Waals surface area contributed by atoms with Crippen molar-refractivity contribution in [3.63, 3.8) is 0 Å². The quantitative estimate of drug-likeness (QED) is 0.276. The molecule has 6 aromatic rings. The van der Waals surface area contributed by atoms with Crippen LogP contribution in [0.25, 0.3) is 39.4 Å². The summed E-state index contributed by atoms with van der Waals surface area (Å²) in [4.78, 5) is 4.72. The van der Waals surface area contributed by atoms with Gasteiger partial charge in [0.15, 0.2) is 5.82 Å². The van der Waals surface area contributed by atoms with Gasteiger partial charge in [0.1, 0.15) is 11.5 Å². The lowest BCUT2D eigenvalue weighted by Crippen LogP contribution is -2.14. The van der Waals surface area contributed by atoms with Gasteiger partial charge in [-0.25, -0.2) is 26.4 Å². The molecule has 0 aliphatic rings. The number of aryl methyl sites for hydroxylation is 1. The zero-order valence-electron chi connectivity index (χ0n) is 19.8. The van der Waals surface area contributed by atoms with Crippen molar-refractivity contribution in [2.75, 3.05) is 0 Å². The maximum atomic E-state index is 14.0. The van der Waals surface area contributed by atoms with Gasteiger partial charge < -0.3 is 0 Å². The lowest BCUT2D eigenvalue weighted by Gasteiger charge is -2.11. The first-order chi connectivity index (χ1) is 17.9. The van der Waals surface area contributed by atoms with E-state index in [0.717, 1.165) is 28.9 Å². The SMILES string of the molecule is Cc1ccc(-c2nn(-c3ccccc3)cc2-c2nc3ccccc3n2S(=O)(=O)c2ccc(F)cc2)cc1. The van der Waals surface area contributed by atoms with Crippen LogP contribution in [0.2, 0.25) is 0 Å². The van der Waals surface area contributed by atoms with Crippen LogP contribution < -0.4 is 0 Å². The van der Waals surface area contributed by atoms with Gasteiger partial charge in [0.25, 0.3) is 10.0 Å². The number of halogens is 1. The Bertz CT molecular complexity index is 1840. The Labute approximate surface area is 213 Å². The van der Waals surface area contributed by atoms with Crippen molar-refractivity contribution < 1.29 is 12.8 Å². The Morgan fingerprint density at radius 1 is 0.784 bits per heavy atom. The van der Waals surface area contributed by atoms with Gasteiger partial charge in [0.2, 0.25) is 0 Å². The van der Waals surface area contributed by atoms with E-state index in [0.29, 0.717) is 22.3 Å². The van der Waals surface area contributed by atoms with E-state index in [2.05, 4.69) is 0 Å². The molecule has 6 rings (SSSR count). The Morgan fingerprint density at radius 2 is 1.46 bits per heavy atom. The van der Waals surface area contributed by atoms with Gasteiger partial charge in [-0.15, -0.1) is 0 Å². The lowest BCUT2D eigenvalue weighted by molar-refractivity contribution is 0.588. The zero-order valence-corrected chi connectivity index (χ0v) is 20.6. The molecule has 0 aliphatic carbocycles. The molecule has 0 fully saturated rings. The molecule has 0 saturated heterocycles. The fraction of sp³-hybridized carbons (Fsp3) is 0.0345. The number of nitrogens with zero attached hydrogens (tertiary/aromatic N) is 4. The summed E-state index contributed by atoms with van der Waals surface area (Å²) in [6.45, 7) is 2.00. The van der Waals surface area contributed by atoms with Gasteiger partial charge in [-0.1, -0.05) is 60.2 Å². The summed E-state index contributed by atoms with van der Waals surface area (Å²) in [6, 6.07) is 29.3. The number of fused-ring (bicyclic) bond motifs is 1. The van der Waals surface area contributed by atoms with Crippen LogP contribution in [0.5, 0.6) is 0 Å². The number of imidazole rings is 1. The molecule has 4 aromatic carbocycles. The Balaban J connectivity index is 1.66. The van der Waals surface area contributed by atoms with Crippen LogP contribution in [0.3, 0.4) is 0 Å². The maximum absolute atomic E-state index is 14.0. The summed E-state index contributed by atoms with van der Waals surface area (Å²) in [7, 11) is -4.13. The molecule has 2 heterocycles. The van der Waals surface area contributed by atoms with Gasteiger partial charge in [-0.05, 0) is 55.5 Å². The second-order valence-corrected chi connectivity index (χ2v) is 10.5. The highest BCUT2D eigenvalue weighted by Crippen LogP contribution is 2.36. The normalized spacial score (nSPS) is 11.7. The van der Waals surface area contributed by atoms with E-state index in [9.17, 15) is 12.8 Å². The molecule has 0 saturated carbocycles. The molecule has 2 aromatic heterocycles.